The summed E-state index contributed by atoms with van der Waals surface area (Å²) in [5, 5.41) is 9.49. The molecule has 6 nitrogen and oxygen atoms in total. The first kappa shape index (κ1) is 15.4. The van der Waals surface area contributed by atoms with Gasteiger partial charge in [-0.1, -0.05) is 29.5 Å². The standard InChI is InChI=1S/C18H15FN4O2/c1-10-7-8-12(9-13(10)19)22-17(24)15-16(18(22)25)23(21-20-15)14-6-4-3-5-11(14)2/h3-9,15-16H,1-2H3/t15-,16+/m0/s1. The number of carbonyl (C=O) groups excluding carboxylic acids is 2. The number of amides is 2. The molecule has 126 valence electrons. The highest BCUT2D eigenvalue weighted by atomic mass is 19.1. The number of benzene rings is 2. The van der Waals surface area contributed by atoms with Crippen molar-refractivity contribution in [2.75, 3.05) is 9.91 Å². The lowest BCUT2D eigenvalue weighted by Gasteiger charge is -2.22. The van der Waals surface area contributed by atoms with Crippen LogP contribution in [0.2, 0.25) is 0 Å². The van der Waals surface area contributed by atoms with Crippen molar-refractivity contribution in [3.63, 3.8) is 0 Å². The zero-order valence-electron chi connectivity index (χ0n) is 13.7. The molecule has 2 aromatic carbocycles. The Morgan fingerprint density at radius 3 is 2.48 bits per heavy atom. The van der Waals surface area contributed by atoms with Crippen molar-refractivity contribution in [2.24, 2.45) is 10.3 Å². The molecule has 25 heavy (non-hydrogen) atoms. The zero-order chi connectivity index (χ0) is 17.7. The van der Waals surface area contributed by atoms with E-state index < -0.39 is 29.7 Å². The Labute approximate surface area is 143 Å². The van der Waals surface area contributed by atoms with Crippen LogP contribution >= 0.6 is 0 Å². The molecule has 0 unspecified atom stereocenters. The summed E-state index contributed by atoms with van der Waals surface area (Å²) in [4.78, 5) is 26.6. The summed E-state index contributed by atoms with van der Waals surface area (Å²) in [6.45, 7) is 3.52. The topological polar surface area (TPSA) is 65.3 Å². The van der Waals surface area contributed by atoms with Gasteiger partial charge in [-0.3, -0.25) is 9.59 Å². The minimum absolute atomic E-state index is 0.215. The summed E-state index contributed by atoms with van der Waals surface area (Å²) in [6.07, 6.45) is 0. The van der Waals surface area contributed by atoms with E-state index in [9.17, 15) is 14.0 Å². The molecule has 0 saturated carbocycles. The molecule has 4 rings (SSSR count). The van der Waals surface area contributed by atoms with Crippen LogP contribution in [0.5, 0.6) is 0 Å². The molecule has 2 heterocycles. The van der Waals surface area contributed by atoms with Crippen molar-refractivity contribution in [1.29, 1.82) is 0 Å². The number of aryl methyl sites for hydroxylation is 2. The number of hydrogen-bond acceptors (Lipinski definition) is 5. The third-order valence-corrected chi connectivity index (χ3v) is 4.56. The van der Waals surface area contributed by atoms with Gasteiger partial charge in [-0.15, -0.1) is 0 Å². The number of fused-ring (bicyclic) bond motifs is 1. The number of carbonyl (C=O) groups is 2. The lowest BCUT2D eigenvalue weighted by atomic mass is 10.1. The second-order valence-corrected chi connectivity index (χ2v) is 6.17. The summed E-state index contributed by atoms with van der Waals surface area (Å²) < 4.78 is 13.9. The SMILES string of the molecule is Cc1ccc(N2C(=O)[C@H]3N=NN(c4ccccc4C)[C@H]3C2=O)cc1F. The third kappa shape index (κ3) is 2.23. The minimum atomic E-state index is -0.906. The molecule has 1 fully saturated rings. The second-order valence-electron chi connectivity index (χ2n) is 6.17. The Hall–Kier alpha value is -3.09. The lowest BCUT2D eigenvalue weighted by Crippen LogP contribution is -2.40. The van der Waals surface area contributed by atoms with Gasteiger partial charge >= 0.3 is 0 Å². The van der Waals surface area contributed by atoms with Gasteiger partial charge in [-0.2, -0.15) is 5.11 Å². The maximum Gasteiger partial charge on any atom is 0.263 e. The Kier molecular flexibility index (Phi) is 3.38. The Morgan fingerprint density at radius 2 is 1.76 bits per heavy atom. The fourth-order valence-electron chi connectivity index (χ4n) is 3.15. The van der Waals surface area contributed by atoms with Crippen molar-refractivity contribution in [3.05, 3.63) is 59.4 Å². The average molecular weight is 338 g/mol. The van der Waals surface area contributed by atoms with E-state index in [1.165, 1.54) is 11.1 Å². The molecule has 0 N–H and O–H groups in total. The van der Waals surface area contributed by atoms with Crippen LogP contribution in [0.25, 0.3) is 0 Å². The first-order valence-corrected chi connectivity index (χ1v) is 7.88. The average Bonchev–Trinajstić information content (AvgIpc) is 3.12. The van der Waals surface area contributed by atoms with E-state index in [4.69, 9.17) is 0 Å². The first-order valence-electron chi connectivity index (χ1n) is 7.88. The number of para-hydroxylation sites is 1. The van der Waals surface area contributed by atoms with Gasteiger partial charge in [0.05, 0.1) is 11.4 Å². The predicted molar refractivity (Wildman–Crippen MR) is 89.7 cm³/mol. The van der Waals surface area contributed by atoms with E-state index in [1.54, 1.807) is 19.1 Å². The van der Waals surface area contributed by atoms with Gasteiger partial charge in [0.1, 0.15) is 5.82 Å². The number of nitrogens with zero attached hydrogens (tertiary/aromatic N) is 4. The van der Waals surface area contributed by atoms with Gasteiger partial charge < -0.3 is 0 Å². The van der Waals surface area contributed by atoms with Crippen LogP contribution in [-0.2, 0) is 9.59 Å². The molecule has 0 aliphatic carbocycles. The monoisotopic (exact) mass is 338 g/mol. The van der Waals surface area contributed by atoms with E-state index in [0.29, 0.717) is 5.56 Å². The van der Waals surface area contributed by atoms with Crippen LogP contribution in [0.3, 0.4) is 0 Å². The second kappa shape index (κ2) is 5.47. The molecular formula is C18H15FN4O2. The molecule has 2 aliphatic heterocycles. The van der Waals surface area contributed by atoms with Crippen LogP contribution in [-0.4, -0.2) is 23.9 Å². The first-order chi connectivity index (χ1) is 12.0. The molecule has 2 atom stereocenters. The van der Waals surface area contributed by atoms with E-state index in [-0.39, 0.29) is 5.69 Å². The third-order valence-electron chi connectivity index (χ3n) is 4.56. The maximum atomic E-state index is 13.9. The molecule has 0 aromatic heterocycles. The Balaban J connectivity index is 1.73. The zero-order valence-corrected chi connectivity index (χ0v) is 13.7. The Bertz CT molecular complexity index is 927. The van der Waals surface area contributed by atoms with E-state index in [0.717, 1.165) is 16.2 Å². The van der Waals surface area contributed by atoms with Crippen molar-refractivity contribution in [2.45, 2.75) is 25.9 Å². The van der Waals surface area contributed by atoms with E-state index >= 15 is 0 Å². The molecule has 0 radical (unpaired) electrons. The summed E-state index contributed by atoms with van der Waals surface area (Å²) in [7, 11) is 0. The number of rotatable bonds is 2. The highest BCUT2D eigenvalue weighted by molar-refractivity contribution is 6.26. The highest BCUT2D eigenvalue weighted by Gasteiger charge is 2.55. The molecular weight excluding hydrogens is 323 g/mol. The smallest absolute Gasteiger partial charge is 0.263 e. The summed E-state index contributed by atoms with van der Waals surface area (Å²) in [5.74, 6) is -1.41. The van der Waals surface area contributed by atoms with Crippen LogP contribution in [0.15, 0.2) is 52.8 Å². The number of imide groups is 1. The molecule has 0 bridgehead atoms. The quantitative estimate of drug-likeness (QED) is 0.791. The lowest BCUT2D eigenvalue weighted by molar-refractivity contribution is -0.121. The summed E-state index contributed by atoms with van der Waals surface area (Å²) >= 11 is 0. The largest absolute Gasteiger partial charge is 0.271 e. The number of halogens is 1. The van der Waals surface area contributed by atoms with Crippen LogP contribution in [0.1, 0.15) is 11.1 Å². The molecule has 7 heteroatoms. The Morgan fingerprint density at radius 1 is 1.00 bits per heavy atom. The fourth-order valence-corrected chi connectivity index (χ4v) is 3.15. The van der Waals surface area contributed by atoms with Crippen molar-refractivity contribution in [1.82, 2.24) is 0 Å². The molecule has 2 amide bonds. The highest BCUT2D eigenvalue weighted by Crippen LogP contribution is 2.36. The fraction of sp³-hybridized carbons (Fsp3) is 0.222. The molecule has 1 saturated heterocycles. The van der Waals surface area contributed by atoms with Crippen LogP contribution in [0.4, 0.5) is 15.8 Å². The normalized spacial score (nSPS) is 22.0. The number of anilines is 2. The summed E-state index contributed by atoms with van der Waals surface area (Å²) in [6, 6.07) is 9.99. The van der Waals surface area contributed by atoms with Crippen molar-refractivity contribution >= 4 is 23.2 Å². The van der Waals surface area contributed by atoms with Crippen molar-refractivity contribution < 1.29 is 14.0 Å². The van der Waals surface area contributed by atoms with Gasteiger partial charge in [-0.05, 0) is 43.2 Å². The van der Waals surface area contributed by atoms with Gasteiger partial charge in [-0.25, -0.2) is 14.3 Å². The molecule has 2 aromatic rings. The summed E-state index contributed by atoms with van der Waals surface area (Å²) in [5.41, 5.74) is 2.30. The van der Waals surface area contributed by atoms with Gasteiger partial charge in [0.15, 0.2) is 12.1 Å². The molecule has 0 spiro atoms. The molecule has 2 aliphatic rings. The van der Waals surface area contributed by atoms with E-state index in [2.05, 4.69) is 10.3 Å². The predicted octanol–water partition coefficient (Wildman–Crippen LogP) is 2.94. The van der Waals surface area contributed by atoms with Gasteiger partial charge in [0, 0.05) is 0 Å². The van der Waals surface area contributed by atoms with Crippen molar-refractivity contribution in [3.8, 4) is 0 Å². The van der Waals surface area contributed by atoms with Gasteiger partial charge in [0.25, 0.3) is 11.8 Å². The van der Waals surface area contributed by atoms with Gasteiger partial charge in [0.2, 0.25) is 0 Å². The van der Waals surface area contributed by atoms with Crippen LogP contribution < -0.4 is 9.91 Å². The number of hydrogen-bond donors (Lipinski definition) is 0. The van der Waals surface area contributed by atoms with Crippen LogP contribution in [0, 0.1) is 19.7 Å². The maximum absolute atomic E-state index is 13.9. The van der Waals surface area contributed by atoms with E-state index in [1.807, 2.05) is 31.2 Å². The minimum Gasteiger partial charge on any atom is -0.271 e.